The molecule has 0 aromatic heterocycles. The smallest absolute Gasteiger partial charge is 0.126 e. The van der Waals surface area contributed by atoms with Crippen LogP contribution < -0.4 is 10.5 Å². The van der Waals surface area contributed by atoms with E-state index in [9.17, 15) is 0 Å². The van der Waals surface area contributed by atoms with E-state index in [1.807, 2.05) is 0 Å². The predicted octanol–water partition coefficient (Wildman–Crippen LogP) is 3.16. The van der Waals surface area contributed by atoms with Gasteiger partial charge in [-0.1, -0.05) is 15.9 Å². The van der Waals surface area contributed by atoms with Crippen LogP contribution in [0.3, 0.4) is 0 Å². The van der Waals surface area contributed by atoms with E-state index in [1.165, 1.54) is 27.8 Å². The van der Waals surface area contributed by atoms with E-state index in [-0.39, 0.29) is 4.95 Å². The number of rotatable bonds is 2. The minimum absolute atomic E-state index is 0.0251. The summed E-state index contributed by atoms with van der Waals surface area (Å²) in [6, 6.07) is 0. The highest BCUT2D eigenvalue weighted by Crippen LogP contribution is 2.39. The molecule has 0 amide bonds. The van der Waals surface area contributed by atoms with Crippen molar-refractivity contribution in [3.8, 4) is 5.75 Å². The van der Waals surface area contributed by atoms with Crippen LogP contribution in [0, 0.1) is 20.8 Å². The predicted molar refractivity (Wildman–Crippen MR) is 75.1 cm³/mol. The van der Waals surface area contributed by atoms with Crippen molar-refractivity contribution in [2.45, 2.75) is 51.6 Å². The number of halogens is 1. The first kappa shape index (κ1) is 12.9. The molecule has 0 saturated heterocycles. The third kappa shape index (κ3) is 2.23. The fourth-order valence-electron chi connectivity index (χ4n) is 2.69. The van der Waals surface area contributed by atoms with E-state index in [4.69, 9.17) is 10.5 Å². The van der Waals surface area contributed by atoms with Gasteiger partial charge >= 0.3 is 0 Å². The van der Waals surface area contributed by atoms with Crippen LogP contribution in [0.15, 0.2) is 0 Å². The van der Waals surface area contributed by atoms with Crippen molar-refractivity contribution >= 4 is 15.9 Å². The Bertz CT molecular complexity index is 454. The minimum Gasteiger partial charge on any atom is -0.490 e. The summed E-state index contributed by atoms with van der Waals surface area (Å²) in [6.07, 6.45) is 2.20. The zero-order chi connectivity index (χ0) is 12.7. The maximum Gasteiger partial charge on any atom is 0.126 e. The second-order valence-electron chi connectivity index (χ2n) is 5.01. The summed E-state index contributed by atoms with van der Waals surface area (Å²) in [5.41, 5.74) is 12.6. The summed E-state index contributed by atoms with van der Waals surface area (Å²) >= 11 is 3.44. The van der Waals surface area contributed by atoms with E-state index in [0.29, 0.717) is 6.10 Å². The van der Waals surface area contributed by atoms with E-state index >= 15 is 0 Å². The molecule has 0 radical (unpaired) electrons. The van der Waals surface area contributed by atoms with Gasteiger partial charge in [0.05, 0.1) is 4.95 Å². The van der Waals surface area contributed by atoms with Crippen molar-refractivity contribution in [1.29, 1.82) is 0 Å². The molecule has 1 heterocycles. The topological polar surface area (TPSA) is 35.2 Å². The highest BCUT2D eigenvalue weighted by atomic mass is 79.9. The average Bonchev–Trinajstić information content (AvgIpc) is 2.63. The summed E-state index contributed by atoms with van der Waals surface area (Å²) in [5.74, 6) is 1.11. The fraction of sp³-hybridized carbons (Fsp3) is 0.571. The van der Waals surface area contributed by atoms with Crippen LogP contribution in [0.4, 0.5) is 0 Å². The Morgan fingerprint density at radius 2 is 1.94 bits per heavy atom. The standard InChI is InChI=1S/C14H20BrNO/c1-7-5-12-10(4)11(6-13(15)16)8(2)9(3)14(12)17-7/h7,13H,5-6,16H2,1-4H3. The first-order valence-corrected chi connectivity index (χ1v) is 7.01. The molecule has 17 heavy (non-hydrogen) atoms. The maximum absolute atomic E-state index is 5.92. The Morgan fingerprint density at radius 3 is 2.53 bits per heavy atom. The summed E-state index contributed by atoms with van der Waals surface area (Å²) in [6.45, 7) is 8.63. The van der Waals surface area contributed by atoms with E-state index in [1.54, 1.807) is 0 Å². The molecule has 2 rings (SSSR count). The first-order chi connectivity index (χ1) is 7.91. The van der Waals surface area contributed by atoms with Gasteiger partial charge in [-0.3, -0.25) is 0 Å². The molecule has 1 aliphatic heterocycles. The van der Waals surface area contributed by atoms with Gasteiger partial charge in [-0.05, 0) is 56.4 Å². The van der Waals surface area contributed by atoms with Gasteiger partial charge in [0, 0.05) is 12.0 Å². The number of ether oxygens (including phenoxy) is 1. The summed E-state index contributed by atoms with van der Waals surface area (Å²) in [7, 11) is 0. The van der Waals surface area contributed by atoms with Gasteiger partial charge in [0.15, 0.2) is 0 Å². The summed E-state index contributed by atoms with van der Waals surface area (Å²) in [5, 5.41) is 0. The van der Waals surface area contributed by atoms with E-state index in [2.05, 4.69) is 43.6 Å². The van der Waals surface area contributed by atoms with Crippen LogP contribution >= 0.6 is 15.9 Å². The lowest BCUT2D eigenvalue weighted by Gasteiger charge is -2.18. The van der Waals surface area contributed by atoms with Crippen LogP contribution in [0.5, 0.6) is 5.75 Å². The molecule has 94 valence electrons. The second kappa shape index (κ2) is 4.62. The van der Waals surface area contributed by atoms with Gasteiger partial charge < -0.3 is 10.5 Å². The van der Waals surface area contributed by atoms with Crippen molar-refractivity contribution in [2.24, 2.45) is 5.73 Å². The second-order valence-corrected chi connectivity index (χ2v) is 6.19. The Hall–Kier alpha value is -0.540. The molecular weight excluding hydrogens is 278 g/mol. The van der Waals surface area contributed by atoms with Crippen LogP contribution in [-0.2, 0) is 12.8 Å². The van der Waals surface area contributed by atoms with Crippen molar-refractivity contribution in [2.75, 3.05) is 0 Å². The monoisotopic (exact) mass is 297 g/mol. The largest absolute Gasteiger partial charge is 0.490 e. The van der Waals surface area contributed by atoms with Crippen molar-refractivity contribution in [3.05, 3.63) is 27.8 Å². The molecule has 1 aliphatic rings. The van der Waals surface area contributed by atoms with Gasteiger partial charge in [-0.25, -0.2) is 0 Å². The summed E-state index contributed by atoms with van der Waals surface area (Å²) in [4.78, 5) is 0.0251. The normalized spacial score (nSPS) is 20.0. The summed E-state index contributed by atoms with van der Waals surface area (Å²) < 4.78 is 5.92. The molecule has 0 bridgehead atoms. The Balaban J connectivity index is 2.56. The molecule has 0 fully saturated rings. The van der Waals surface area contributed by atoms with Gasteiger partial charge in [-0.15, -0.1) is 0 Å². The zero-order valence-electron chi connectivity index (χ0n) is 10.9. The lowest BCUT2D eigenvalue weighted by atomic mass is 9.90. The van der Waals surface area contributed by atoms with Crippen LogP contribution in [-0.4, -0.2) is 11.1 Å². The van der Waals surface area contributed by atoms with Gasteiger partial charge in [0.1, 0.15) is 11.9 Å². The number of nitrogens with two attached hydrogens (primary N) is 1. The van der Waals surface area contributed by atoms with Gasteiger partial charge in [0.25, 0.3) is 0 Å². The quantitative estimate of drug-likeness (QED) is 0.672. The Kier molecular flexibility index (Phi) is 3.50. The molecule has 0 spiro atoms. The number of hydrogen-bond donors (Lipinski definition) is 1. The van der Waals surface area contributed by atoms with E-state index < -0.39 is 0 Å². The minimum atomic E-state index is 0.0251. The number of benzene rings is 1. The van der Waals surface area contributed by atoms with Crippen molar-refractivity contribution in [3.63, 3.8) is 0 Å². The van der Waals surface area contributed by atoms with Crippen molar-refractivity contribution < 1.29 is 4.74 Å². The van der Waals surface area contributed by atoms with Gasteiger partial charge in [0.2, 0.25) is 0 Å². The maximum atomic E-state index is 5.92. The number of fused-ring (bicyclic) bond motifs is 1. The van der Waals surface area contributed by atoms with Gasteiger partial charge in [-0.2, -0.15) is 0 Å². The first-order valence-electron chi connectivity index (χ1n) is 6.09. The van der Waals surface area contributed by atoms with E-state index in [0.717, 1.165) is 18.6 Å². The molecular formula is C14H20BrNO. The highest BCUT2D eigenvalue weighted by Gasteiger charge is 2.26. The van der Waals surface area contributed by atoms with Crippen LogP contribution in [0.1, 0.15) is 34.7 Å². The molecule has 0 saturated carbocycles. The lowest BCUT2D eigenvalue weighted by molar-refractivity contribution is 0.253. The number of hydrogen-bond acceptors (Lipinski definition) is 2. The average molecular weight is 298 g/mol. The van der Waals surface area contributed by atoms with Crippen molar-refractivity contribution in [1.82, 2.24) is 0 Å². The third-order valence-electron chi connectivity index (χ3n) is 3.74. The third-order valence-corrected chi connectivity index (χ3v) is 4.07. The van der Waals surface area contributed by atoms with Crippen LogP contribution in [0.25, 0.3) is 0 Å². The molecule has 2 N–H and O–H groups in total. The molecule has 2 nitrogen and oxygen atoms in total. The highest BCUT2D eigenvalue weighted by molar-refractivity contribution is 9.09. The lowest BCUT2D eigenvalue weighted by Crippen LogP contribution is -2.16. The Morgan fingerprint density at radius 1 is 1.29 bits per heavy atom. The Labute approximate surface area is 112 Å². The zero-order valence-corrected chi connectivity index (χ0v) is 12.5. The molecule has 2 atom stereocenters. The molecule has 1 aromatic carbocycles. The SMILES string of the molecule is Cc1c(C)c2c(c(C)c1CC(N)Br)CC(C)O2. The molecule has 3 heteroatoms. The number of alkyl halides is 1. The fourth-order valence-corrected chi connectivity index (χ4v) is 3.02. The molecule has 2 unspecified atom stereocenters. The molecule has 0 aliphatic carbocycles. The van der Waals surface area contributed by atoms with Crippen LogP contribution in [0.2, 0.25) is 0 Å². The molecule has 1 aromatic rings.